The Morgan fingerprint density at radius 1 is 1.19 bits per heavy atom. The maximum absolute atomic E-state index is 5.54. The average molecular weight is 287 g/mol. The highest BCUT2D eigenvalue weighted by Gasteiger charge is 2.17. The van der Waals surface area contributed by atoms with Gasteiger partial charge in [0.15, 0.2) is 0 Å². The summed E-state index contributed by atoms with van der Waals surface area (Å²) in [6.45, 7) is 7.77. The molecule has 90 valence electrons. The van der Waals surface area contributed by atoms with Crippen LogP contribution in [0.1, 0.15) is 26.3 Å². The van der Waals surface area contributed by atoms with Gasteiger partial charge in [-0.1, -0.05) is 42.8 Å². The molecular weight excluding hydrogens is 268 g/mol. The van der Waals surface area contributed by atoms with Gasteiger partial charge in [0.1, 0.15) is 12.4 Å². The minimum atomic E-state index is 0.143. The number of halogens is 1. The van der Waals surface area contributed by atoms with Crippen LogP contribution in [0, 0.1) is 0 Å². The summed E-state index contributed by atoms with van der Waals surface area (Å²) in [4.78, 5) is 0. The monoisotopic (exact) mass is 286 g/mol. The minimum Gasteiger partial charge on any atom is -0.491 e. The Hall–Kier alpha value is -0.540. The maximum atomic E-state index is 5.54. The molecule has 0 heterocycles. The van der Waals surface area contributed by atoms with Crippen molar-refractivity contribution in [3.63, 3.8) is 0 Å². The van der Waals surface area contributed by atoms with Gasteiger partial charge in [-0.15, -0.1) is 0 Å². The Bertz CT molecular complexity index is 342. The van der Waals surface area contributed by atoms with Gasteiger partial charge in [-0.3, -0.25) is 0 Å². The molecule has 0 amide bonds. The van der Waals surface area contributed by atoms with E-state index in [0.29, 0.717) is 13.2 Å². The molecule has 0 bridgehead atoms. The van der Waals surface area contributed by atoms with Crippen LogP contribution in [0.15, 0.2) is 22.7 Å². The Morgan fingerprint density at radius 3 is 2.38 bits per heavy atom. The quantitative estimate of drug-likeness (QED) is 0.785. The average Bonchev–Trinajstić information content (AvgIpc) is 2.16. The minimum absolute atomic E-state index is 0.143. The van der Waals surface area contributed by atoms with Crippen LogP contribution in [-0.2, 0) is 10.2 Å². The highest BCUT2D eigenvalue weighted by Crippen LogP contribution is 2.32. The molecule has 2 nitrogen and oxygen atoms in total. The third-order valence-electron chi connectivity index (χ3n) is 2.30. The van der Waals surface area contributed by atoms with Crippen molar-refractivity contribution in [2.24, 2.45) is 0 Å². The fourth-order valence-electron chi connectivity index (χ4n) is 1.44. The lowest BCUT2D eigenvalue weighted by molar-refractivity contribution is 0.146. The van der Waals surface area contributed by atoms with Gasteiger partial charge in [-0.25, -0.2) is 0 Å². The van der Waals surface area contributed by atoms with Crippen molar-refractivity contribution < 1.29 is 9.47 Å². The first kappa shape index (κ1) is 13.5. The zero-order chi connectivity index (χ0) is 12.2. The highest BCUT2D eigenvalue weighted by atomic mass is 79.9. The van der Waals surface area contributed by atoms with Crippen LogP contribution < -0.4 is 4.74 Å². The van der Waals surface area contributed by atoms with Crippen LogP contribution in [0.4, 0.5) is 0 Å². The van der Waals surface area contributed by atoms with Crippen LogP contribution in [0.5, 0.6) is 5.75 Å². The van der Waals surface area contributed by atoms with Crippen LogP contribution in [0.3, 0.4) is 0 Å². The normalized spacial score (nSPS) is 11.6. The number of benzene rings is 1. The van der Waals surface area contributed by atoms with E-state index in [2.05, 4.69) is 42.8 Å². The van der Waals surface area contributed by atoms with Crippen LogP contribution >= 0.6 is 15.9 Å². The van der Waals surface area contributed by atoms with E-state index >= 15 is 0 Å². The van der Waals surface area contributed by atoms with E-state index in [0.717, 1.165) is 10.2 Å². The molecule has 0 spiro atoms. The third-order valence-corrected chi connectivity index (χ3v) is 2.96. The molecule has 0 aromatic heterocycles. The number of rotatable bonds is 4. The number of hydrogen-bond acceptors (Lipinski definition) is 2. The van der Waals surface area contributed by atoms with E-state index in [1.54, 1.807) is 7.11 Å². The summed E-state index contributed by atoms with van der Waals surface area (Å²) in [6, 6.07) is 6.11. The summed E-state index contributed by atoms with van der Waals surface area (Å²) >= 11 is 3.58. The van der Waals surface area contributed by atoms with Crippen molar-refractivity contribution in [2.45, 2.75) is 26.2 Å². The Labute approximate surface area is 106 Å². The summed E-state index contributed by atoms with van der Waals surface area (Å²) in [5.41, 5.74) is 1.43. The van der Waals surface area contributed by atoms with Gasteiger partial charge in [0.05, 0.1) is 6.61 Å². The van der Waals surface area contributed by atoms with Gasteiger partial charge < -0.3 is 9.47 Å². The molecule has 0 radical (unpaired) electrons. The summed E-state index contributed by atoms with van der Waals surface area (Å²) in [5.74, 6) is 0.872. The predicted octanol–water partition coefficient (Wildman–Crippen LogP) is 3.77. The second-order valence-electron chi connectivity index (χ2n) is 4.73. The van der Waals surface area contributed by atoms with Crippen molar-refractivity contribution in [1.82, 2.24) is 0 Å². The molecule has 0 aliphatic rings. The zero-order valence-electron chi connectivity index (χ0n) is 10.3. The smallest absolute Gasteiger partial charge is 0.120 e. The third kappa shape index (κ3) is 3.80. The van der Waals surface area contributed by atoms with E-state index in [9.17, 15) is 0 Å². The van der Waals surface area contributed by atoms with E-state index in [1.165, 1.54) is 5.56 Å². The number of methoxy groups -OCH3 is 1. The first-order valence-corrected chi connectivity index (χ1v) is 6.16. The highest BCUT2D eigenvalue weighted by molar-refractivity contribution is 9.10. The molecule has 0 aliphatic carbocycles. The lowest BCUT2D eigenvalue weighted by Gasteiger charge is -2.21. The molecule has 0 atom stereocenters. The molecule has 0 N–H and O–H groups in total. The molecule has 1 rings (SSSR count). The first-order chi connectivity index (χ1) is 7.45. The van der Waals surface area contributed by atoms with Gasteiger partial charge in [-0.2, -0.15) is 0 Å². The molecule has 0 fully saturated rings. The second kappa shape index (κ2) is 5.69. The topological polar surface area (TPSA) is 18.5 Å². The zero-order valence-corrected chi connectivity index (χ0v) is 11.9. The molecule has 0 saturated carbocycles. The molecule has 0 aliphatic heterocycles. The van der Waals surface area contributed by atoms with Crippen molar-refractivity contribution >= 4 is 15.9 Å². The number of hydrogen-bond donors (Lipinski definition) is 0. The van der Waals surface area contributed by atoms with Gasteiger partial charge in [0.25, 0.3) is 0 Å². The summed E-state index contributed by atoms with van der Waals surface area (Å²) in [7, 11) is 1.67. The molecule has 1 aromatic rings. The summed E-state index contributed by atoms with van der Waals surface area (Å²) in [5, 5.41) is 0. The Kier molecular flexibility index (Phi) is 4.81. The molecular formula is C13H19BrO2. The van der Waals surface area contributed by atoms with Crippen LogP contribution in [0.25, 0.3) is 0 Å². The van der Waals surface area contributed by atoms with Crippen molar-refractivity contribution in [2.75, 3.05) is 20.3 Å². The first-order valence-electron chi connectivity index (χ1n) is 5.37. The Morgan fingerprint density at radius 2 is 1.88 bits per heavy atom. The standard InChI is InChI=1S/C13H19BrO2/c1-13(2,3)11-6-5-10(9-12(11)14)16-8-7-15-4/h5-6,9H,7-8H2,1-4H3. The van der Waals surface area contributed by atoms with Gasteiger partial charge in [-0.05, 0) is 23.1 Å². The fraction of sp³-hybridized carbons (Fsp3) is 0.538. The van der Waals surface area contributed by atoms with E-state index in [1.807, 2.05) is 12.1 Å². The van der Waals surface area contributed by atoms with Gasteiger partial charge in [0, 0.05) is 11.6 Å². The molecule has 0 saturated heterocycles. The van der Waals surface area contributed by atoms with Crippen LogP contribution in [-0.4, -0.2) is 20.3 Å². The molecule has 1 aromatic carbocycles. The van der Waals surface area contributed by atoms with E-state index < -0.39 is 0 Å². The molecule has 0 unspecified atom stereocenters. The van der Waals surface area contributed by atoms with Crippen LogP contribution in [0.2, 0.25) is 0 Å². The fourth-order valence-corrected chi connectivity index (χ4v) is 2.39. The van der Waals surface area contributed by atoms with E-state index in [4.69, 9.17) is 9.47 Å². The lowest BCUT2D eigenvalue weighted by atomic mass is 9.87. The summed E-state index contributed by atoms with van der Waals surface area (Å²) < 4.78 is 11.6. The SMILES string of the molecule is COCCOc1ccc(C(C)(C)C)c(Br)c1. The van der Waals surface area contributed by atoms with Gasteiger partial charge in [0.2, 0.25) is 0 Å². The largest absolute Gasteiger partial charge is 0.491 e. The van der Waals surface area contributed by atoms with Crippen molar-refractivity contribution in [1.29, 1.82) is 0 Å². The van der Waals surface area contributed by atoms with Crippen molar-refractivity contribution in [3.8, 4) is 5.75 Å². The molecule has 3 heteroatoms. The van der Waals surface area contributed by atoms with E-state index in [-0.39, 0.29) is 5.41 Å². The Balaban J connectivity index is 2.75. The number of ether oxygens (including phenoxy) is 2. The summed E-state index contributed by atoms with van der Waals surface area (Å²) in [6.07, 6.45) is 0. The second-order valence-corrected chi connectivity index (χ2v) is 5.59. The van der Waals surface area contributed by atoms with Crippen molar-refractivity contribution in [3.05, 3.63) is 28.2 Å². The maximum Gasteiger partial charge on any atom is 0.120 e. The van der Waals surface area contributed by atoms with Gasteiger partial charge >= 0.3 is 0 Å². The lowest BCUT2D eigenvalue weighted by Crippen LogP contribution is -2.12. The molecule has 16 heavy (non-hydrogen) atoms. The predicted molar refractivity (Wildman–Crippen MR) is 70.2 cm³/mol.